The van der Waals surface area contributed by atoms with Gasteiger partial charge in [-0.25, -0.2) is 9.97 Å². The van der Waals surface area contributed by atoms with Crippen LogP contribution in [0.4, 0.5) is 11.4 Å². The number of aryl methyl sites for hydroxylation is 3. The third-order valence-corrected chi connectivity index (χ3v) is 7.13. The molecule has 29 heavy (non-hydrogen) atoms. The maximum absolute atomic E-state index is 13.2. The Morgan fingerprint density at radius 3 is 2.83 bits per heavy atom. The van der Waals surface area contributed by atoms with Crippen molar-refractivity contribution >= 4 is 56.5 Å². The molecule has 1 aromatic carbocycles. The molecule has 150 valence electrons. The molecule has 1 aliphatic rings. The highest BCUT2D eigenvalue weighted by Gasteiger charge is 2.29. The van der Waals surface area contributed by atoms with Crippen LogP contribution in [0.25, 0.3) is 10.2 Å². The summed E-state index contributed by atoms with van der Waals surface area (Å²) in [6.45, 7) is 7.93. The topological polar surface area (TPSA) is 75.2 Å². The van der Waals surface area contributed by atoms with E-state index in [0.717, 1.165) is 20.9 Å². The van der Waals surface area contributed by atoms with Crippen molar-refractivity contribution in [2.45, 2.75) is 45.2 Å². The van der Waals surface area contributed by atoms with E-state index in [2.05, 4.69) is 29.1 Å². The number of aromatic nitrogens is 2. The van der Waals surface area contributed by atoms with E-state index < -0.39 is 0 Å². The van der Waals surface area contributed by atoms with Gasteiger partial charge >= 0.3 is 0 Å². The van der Waals surface area contributed by atoms with Gasteiger partial charge in [-0.2, -0.15) is 0 Å². The Labute approximate surface area is 177 Å². The van der Waals surface area contributed by atoms with Crippen molar-refractivity contribution in [1.29, 1.82) is 0 Å². The Balaban J connectivity index is 1.64. The number of benzene rings is 1. The molecule has 1 atom stereocenters. The number of carbonyl (C=O) groups is 2. The van der Waals surface area contributed by atoms with E-state index in [4.69, 9.17) is 0 Å². The molecule has 2 amide bonds. The number of anilines is 2. The van der Waals surface area contributed by atoms with E-state index in [-0.39, 0.29) is 30.0 Å². The standard InChI is InChI=1S/C21H22N4O2S2/c1-11-9-17(26)24-15-7-5-6-8-16(15)25(11)18(27)10-28-20-19-12(2)13(3)29-21(19)23-14(4)22-20/h5-8,11H,9-10H2,1-4H3,(H,24,26)/t11-/m0/s1. The Bertz CT molecular complexity index is 1130. The van der Waals surface area contributed by atoms with E-state index in [1.165, 1.54) is 22.2 Å². The van der Waals surface area contributed by atoms with Gasteiger partial charge in [0, 0.05) is 22.7 Å². The Hall–Kier alpha value is -2.45. The lowest BCUT2D eigenvalue weighted by atomic mass is 10.2. The number of para-hydroxylation sites is 2. The summed E-state index contributed by atoms with van der Waals surface area (Å²) >= 11 is 3.09. The van der Waals surface area contributed by atoms with Gasteiger partial charge in [0.2, 0.25) is 11.8 Å². The molecule has 3 heterocycles. The minimum Gasteiger partial charge on any atom is -0.324 e. The number of rotatable bonds is 3. The SMILES string of the molecule is Cc1nc(SCC(=O)N2c3ccccc3NC(=O)C[C@@H]2C)c2c(C)c(C)sc2n1. The highest BCUT2D eigenvalue weighted by molar-refractivity contribution is 8.00. The number of thiophene rings is 1. The van der Waals surface area contributed by atoms with E-state index >= 15 is 0 Å². The maximum atomic E-state index is 13.2. The first-order valence-electron chi connectivity index (χ1n) is 9.43. The summed E-state index contributed by atoms with van der Waals surface area (Å²) in [5.74, 6) is 0.829. The highest BCUT2D eigenvalue weighted by Crippen LogP contribution is 2.36. The predicted octanol–water partition coefficient (Wildman–Crippen LogP) is 4.47. The molecule has 0 aliphatic carbocycles. The van der Waals surface area contributed by atoms with E-state index in [1.807, 2.05) is 38.1 Å². The lowest BCUT2D eigenvalue weighted by Crippen LogP contribution is -2.40. The monoisotopic (exact) mass is 426 g/mol. The molecule has 0 unspecified atom stereocenters. The first-order chi connectivity index (χ1) is 13.8. The molecule has 0 spiro atoms. The van der Waals surface area contributed by atoms with Crippen LogP contribution >= 0.6 is 23.1 Å². The second kappa shape index (κ2) is 7.76. The van der Waals surface area contributed by atoms with Crippen LogP contribution in [0.2, 0.25) is 0 Å². The van der Waals surface area contributed by atoms with Crippen molar-refractivity contribution in [3.8, 4) is 0 Å². The second-order valence-electron chi connectivity index (χ2n) is 7.21. The minimum absolute atomic E-state index is 0.0412. The zero-order valence-corrected chi connectivity index (χ0v) is 18.4. The van der Waals surface area contributed by atoms with Crippen LogP contribution < -0.4 is 10.2 Å². The Morgan fingerprint density at radius 1 is 1.28 bits per heavy atom. The molecule has 3 aromatic rings. The lowest BCUT2D eigenvalue weighted by molar-refractivity contribution is -0.117. The molecular weight excluding hydrogens is 404 g/mol. The molecule has 0 fully saturated rings. The summed E-state index contributed by atoms with van der Waals surface area (Å²) in [5.41, 5.74) is 2.58. The fourth-order valence-electron chi connectivity index (χ4n) is 3.59. The fourth-order valence-corrected chi connectivity index (χ4v) is 5.72. The number of fused-ring (bicyclic) bond motifs is 2. The largest absolute Gasteiger partial charge is 0.324 e. The number of amides is 2. The molecule has 4 rings (SSSR count). The zero-order chi connectivity index (χ0) is 20.7. The number of nitrogens with one attached hydrogen (secondary N) is 1. The summed E-state index contributed by atoms with van der Waals surface area (Å²) in [7, 11) is 0. The molecule has 0 radical (unpaired) electrons. The van der Waals surface area contributed by atoms with Gasteiger partial charge in [0.15, 0.2) is 0 Å². The van der Waals surface area contributed by atoms with Crippen LogP contribution in [-0.4, -0.2) is 33.6 Å². The molecule has 2 aromatic heterocycles. The van der Waals surface area contributed by atoms with E-state index in [9.17, 15) is 9.59 Å². The number of hydrogen-bond donors (Lipinski definition) is 1. The average molecular weight is 427 g/mol. The van der Waals surface area contributed by atoms with Crippen LogP contribution in [0.1, 0.15) is 29.6 Å². The van der Waals surface area contributed by atoms with Crippen molar-refractivity contribution < 1.29 is 9.59 Å². The maximum Gasteiger partial charge on any atom is 0.237 e. The molecule has 8 heteroatoms. The first kappa shape index (κ1) is 19.8. The van der Waals surface area contributed by atoms with E-state index in [1.54, 1.807) is 16.2 Å². The first-order valence-corrected chi connectivity index (χ1v) is 11.2. The van der Waals surface area contributed by atoms with Gasteiger partial charge in [0.1, 0.15) is 15.7 Å². The van der Waals surface area contributed by atoms with Gasteiger partial charge in [0.25, 0.3) is 0 Å². The summed E-state index contributed by atoms with van der Waals surface area (Å²) in [4.78, 5) is 38.5. The number of hydrogen-bond acceptors (Lipinski definition) is 6. The highest BCUT2D eigenvalue weighted by atomic mass is 32.2. The van der Waals surface area contributed by atoms with E-state index in [0.29, 0.717) is 11.5 Å². The van der Waals surface area contributed by atoms with Crippen LogP contribution in [0, 0.1) is 20.8 Å². The third kappa shape index (κ3) is 3.74. The van der Waals surface area contributed by atoms with Crippen molar-refractivity contribution in [2.24, 2.45) is 0 Å². The minimum atomic E-state index is -0.218. The van der Waals surface area contributed by atoms with Crippen LogP contribution in [0.3, 0.4) is 0 Å². The van der Waals surface area contributed by atoms with Crippen LogP contribution in [0.15, 0.2) is 29.3 Å². The normalized spacial score (nSPS) is 16.5. The number of nitrogens with zero attached hydrogens (tertiary/aromatic N) is 3. The summed E-state index contributed by atoms with van der Waals surface area (Å²) in [6, 6.07) is 7.22. The van der Waals surface area contributed by atoms with Gasteiger partial charge < -0.3 is 10.2 Å². The fraction of sp³-hybridized carbons (Fsp3) is 0.333. The van der Waals surface area contributed by atoms with Crippen molar-refractivity contribution in [3.05, 3.63) is 40.5 Å². The summed E-state index contributed by atoms with van der Waals surface area (Å²) in [6.07, 6.45) is 0.269. The van der Waals surface area contributed by atoms with Crippen molar-refractivity contribution in [3.63, 3.8) is 0 Å². The number of carbonyl (C=O) groups excluding carboxylic acids is 2. The van der Waals surface area contributed by atoms with Crippen molar-refractivity contribution in [1.82, 2.24) is 9.97 Å². The summed E-state index contributed by atoms with van der Waals surface area (Å²) < 4.78 is 0. The van der Waals surface area contributed by atoms with Crippen LogP contribution in [-0.2, 0) is 9.59 Å². The molecule has 0 saturated carbocycles. The third-order valence-electron chi connectivity index (χ3n) is 5.07. The lowest BCUT2D eigenvalue weighted by Gasteiger charge is -2.27. The molecule has 1 aliphatic heterocycles. The number of thioether (sulfide) groups is 1. The Kier molecular flexibility index (Phi) is 5.31. The molecular formula is C21H22N4O2S2. The molecule has 1 N–H and O–H groups in total. The van der Waals surface area contributed by atoms with Gasteiger partial charge in [0.05, 0.1) is 17.1 Å². The zero-order valence-electron chi connectivity index (χ0n) is 16.8. The van der Waals surface area contributed by atoms with Crippen LogP contribution in [0.5, 0.6) is 0 Å². The molecule has 6 nitrogen and oxygen atoms in total. The quantitative estimate of drug-likeness (QED) is 0.494. The molecule has 0 saturated heterocycles. The van der Waals surface area contributed by atoms with Gasteiger partial charge in [-0.15, -0.1) is 11.3 Å². The summed E-state index contributed by atoms with van der Waals surface area (Å²) in [5, 5.41) is 4.77. The average Bonchev–Trinajstić information content (AvgIpc) is 2.86. The van der Waals surface area contributed by atoms with Crippen molar-refractivity contribution in [2.75, 3.05) is 16.0 Å². The van der Waals surface area contributed by atoms with Gasteiger partial charge in [-0.1, -0.05) is 23.9 Å². The molecule has 0 bridgehead atoms. The van der Waals surface area contributed by atoms with Gasteiger partial charge in [-0.05, 0) is 45.4 Å². The smallest absolute Gasteiger partial charge is 0.237 e. The second-order valence-corrected chi connectivity index (χ2v) is 9.38. The predicted molar refractivity (Wildman–Crippen MR) is 119 cm³/mol. The van der Waals surface area contributed by atoms with Gasteiger partial charge in [-0.3, -0.25) is 9.59 Å². The Morgan fingerprint density at radius 2 is 2.03 bits per heavy atom.